The maximum absolute atomic E-state index is 6.10. The Hall–Kier alpha value is -0.840. The molecular formula is C17H22BrNOS. The Bertz CT molecular complexity index is 550. The third-order valence-corrected chi connectivity index (χ3v) is 5.04. The summed E-state index contributed by atoms with van der Waals surface area (Å²) in [7, 11) is 0. The first-order valence-electron chi connectivity index (χ1n) is 7.36. The Morgan fingerprint density at radius 1 is 1.19 bits per heavy atom. The van der Waals surface area contributed by atoms with Crippen LogP contribution in [0, 0.1) is 0 Å². The van der Waals surface area contributed by atoms with Gasteiger partial charge in [-0.15, -0.1) is 11.3 Å². The number of ether oxygens (including phenoxy) is 1. The van der Waals surface area contributed by atoms with Gasteiger partial charge in [-0.1, -0.05) is 25.5 Å². The number of benzene rings is 1. The average molecular weight is 368 g/mol. The molecule has 0 spiro atoms. The first kappa shape index (κ1) is 16.5. The SMILES string of the molecule is CCCCc1ccc(OC(c2ccc(Br)s2)C(C)N)cc1. The zero-order chi connectivity index (χ0) is 15.2. The summed E-state index contributed by atoms with van der Waals surface area (Å²) in [6, 6.07) is 12.4. The molecule has 0 fully saturated rings. The molecule has 21 heavy (non-hydrogen) atoms. The molecule has 0 saturated heterocycles. The molecule has 2 rings (SSSR count). The van der Waals surface area contributed by atoms with E-state index in [0.29, 0.717) is 0 Å². The van der Waals surface area contributed by atoms with Gasteiger partial charge in [-0.05, 0) is 65.5 Å². The van der Waals surface area contributed by atoms with Gasteiger partial charge in [0.15, 0.2) is 0 Å². The summed E-state index contributed by atoms with van der Waals surface area (Å²) in [5.41, 5.74) is 7.45. The van der Waals surface area contributed by atoms with Crippen LogP contribution in [0.5, 0.6) is 5.75 Å². The van der Waals surface area contributed by atoms with Crippen LogP contribution >= 0.6 is 27.3 Å². The highest BCUT2D eigenvalue weighted by molar-refractivity contribution is 9.11. The number of hydrogen-bond donors (Lipinski definition) is 1. The van der Waals surface area contributed by atoms with E-state index in [2.05, 4.69) is 41.1 Å². The number of nitrogens with two attached hydrogens (primary N) is 1. The highest BCUT2D eigenvalue weighted by Gasteiger charge is 2.20. The molecule has 0 aliphatic rings. The first-order valence-corrected chi connectivity index (χ1v) is 8.97. The zero-order valence-corrected chi connectivity index (χ0v) is 14.9. The Labute approximate surface area is 139 Å². The van der Waals surface area contributed by atoms with Gasteiger partial charge in [0.25, 0.3) is 0 Å². The molecule has 2 nitrogen and oxygen atoms in total. The third kappa shape index (κ3) is 4.83. The van der Waals surface area contributed by atoms with E-state index in [1.54, 1.807) is 11.3 Å². The molecule has 114 valence electrons. The van der Waals surface area contributed by atoms with Crippen molar-refractivity contribution in [1.29, 1.82) is 0 Å². The molecule has 2 unspecified atom stereocenters. The van der Waals surface area contributed by atoms with Gasteiger partial charge in [-0.3, -0.25) is 0 Å². The molecule has 1 aromatic carbocycles. The highest BCUT2D eigenvalue weighted by atomic mass is 79.9. The second-order valence-electron chi connectivity index (χ2n) is 5.29. The predicted octanol–water partition coefficient (Wildman–Crippen LogP) is 5.32. The summed E-state index contributed by atoms with van der Waals surface area (Å²) in [6.45, 7) is 4.19. The van der Waals surface area contributed by atoms with Crippen LogP contribution in [-0.4, -0.2) is 6.04 Å². The van der Waals surface area contributed by atoms with E-state index in [1.807, 2.05) is 25.1 Å². The van der Waals surface area contributed by atoms with Crippen LogP contribution in [0.25, 0.3) is 0 Å². The Kier molecular flexibility index (Phi) is 6.27. The Morgan fingerprint density at radius 3 is 2.43 bits per heavy atom. The summed E-state index contributed by atoms with van der Waals surface area (Å²) < 4.78 is 7.20. The lowest BCUT2D eigenvalue weighted by atomic mass is 10.1. The minimum Gasteiger partial charge on any atom is -0.483 e. The summed E-state index contributed by atoms with van der Waals surface area (Å²) >= 11 is 5.16. The third-order valence-electron chi connectivity index (χ3n) is 3.36. The smallest absolute Gasteiger partial charge is 0.148 e. The number of unbranched alkanes of at least 4 members (excludes halogenated alkanes) is 1. The van der Waals surface area contributed by atoms with Gasteiger partial charge < -0.3 is 10.5 Å². The molecule has 0 saturated carbocycles. The molecule has 0 aliphatic carbocycles. The standard InChI is InChI=1S/C17H22BrNOS/c1-3-4-5-13-6-8-14(9-7-13)20-17(12(2)19)15-10-11-16(18)21-15/h6-12,17H,3-5,19H2,1-2H3. The lowest BCUT2D eigenvalue weighted by Crippen LogP contribution is -2.28. The van der Waals surface area contributed by atoms with Crippen molar-refractivity contribution in [3.63, 3.8) is 0 Å². The van der Waals surface area contributed by atoms with Gasteiger partial charge in [0.05, 0.1) is 3.79 Å². The fraction of sp³-hybridized carbons (Fsp3) is 0.412. The van der Waals surface area contributed by atoms with Crippen molar-refractivity contribution in [2.45, 2.75) is 45.3 Å². The topological polar surface area (TPSA) is 35.2 Å². The average Bonchev–Trinajstić information content (AvgIpc) is 2.89. The van der Waals surface area contributed by atoms with Crippen LogP contribution < -0.4 is 10.5 Å². The Morgan fingerprint density at radius 2 is 1.90 bits per heavy atom. The summed E-state index contributed by atoms with van der Waals surface area (Å²) in [5.74, 6) is 0.877. The van der Waals surface area contributed by atoms with Crippen LogP contribution in [-0.2, 0) is 6.42 Å². The van der Waals surface area contributed by atoms with Crippen LogP contribution in [0.1, 0.15) is 43.2 Å². The maximum atomic E-state index is 6.10. The lowest BCUT2D eigenvalue weighted by molar-refractivity contribution is 0.184. The molecule has 2 aromatic rings. The highest BCUT2D eigenvalue weighted by Crippen LogP contribution is 2.32. The van der Waals surface area contributed by atoms with Crippen molar-refractivity contribution in [2.75, 3.05) is 0 Å². The first-order chi connectivity index (χ1) is 10.1. The summed E-state index contributed by atoms with van der Waals surface area (Å²) in [4.78, 5) is 1.15. The van der Waals surface area contributed by atoms with E-state index in [-0.39, 0.29) is 12.1 Å². The van der Waals surface area contributed by atoms with E-state index in [0.717, 1.165) is 20.8 Å². The molecule has 0 aliphatic heterocycles. The van der Waals surface area contributed by atoms with Crippen molar-refractivity contribution in [1.82, 2.24) is 0 Å². The number of thiophene rings is 1. The van der Waals surface area contributed by atoms with Gasteiger partial charge in [0.2, 0.25) is 0 Å². The molecule has 0 bridgehead atoms. The minimum atomic E-state index is -0.109. The molecule has 1 heterocycles. The molecule has 2 atom stereocenters. The Balaban J connectivity index is 2.07. The zero-order valence-electron chi connectivity index (χ0n) is 12.5. The lowest BCUT2D eigenvalue weighted by Gasteiger charge is -2.21. The minimum absolute atomic E-state index is 0.0599. The quantitative estimate of drug-likeness (QED) is 0.718. The molecule has 0 radical (unpaired) electrons. The molecule has 2 N–H and O–H groups in total. The number of aryl methyl sites for hydroxylation is 1. The fourth-order valence-corrected chi connectivity index (χ4v) is 3.74. The van der Waals surface area contributed by atoms with Gasteiger partial charge >= 0.3 is 0 Å². The number of halogens is 1. The fourth-order valence-electron chi connectivity index (χ4n) is 2.17. The van der Waals surface area contributed by atoms with Crippen LogP contribution in [0.3, 0.4) is 0 Å². The van der Waals surface area contributed by atoms with E-state index in [1.165, 1.54) is 18.4 Å². The molecule has 0 amide bonds. The molecule has 4 heteroatoms. The predicted molar refractivity (Wildman–Crippen MR) is 94.1 cm³/mol. The van der Waals surface area contributed by atoms with Crippen LogP contribution in [0.4, 0.5) is 0 Å². The van der Waals surface area contributed by atoms with Crippen LogP contribution in [0.15, 0.2) is 40.2 Å². The van der Waals surface area contributed by atoms with Gasteiger partial charge in [-0.2, -0.15) is 0 Å². The second kappa shape index (κ2) is 7.97. The normalized spacial score (nSPS) is 13.9. The largest absolute Gasteiger partial charge is 0.483 e. The molecular weight excluding hydrogens is 346 g/mol. The van der Waals surface area contributed by atoms with E-state index < -0.39 is 0 Å². The number of hydrogen-bond acceptors (Lipinski definition) is 3. The van der Waals surface area contributed by atoms with E-state index >= 15 is 0 Å². The summed E-state index contributed by atoms with van der Waals surface area (Å²) in [5, 5.41) is 0. The van der Waals surface area contributed by atoms with E-state index in [9.17, 15) is 0 Å². The van der Waals surface area contributed by atoms with Gasteiger partial charge in [0.1, 0.15) is 11.9 Å². The monoisotopic (exact) mass is 367 g/mol. The van der Waals surface area contributed by atoms with Crippen molar-refractivity contribution in [2.24, 2.45) is 5.73 Å². The molecule has 1 aromatic heterocycles. The van der Waals surface area contributed by atoms with Gasteiger partial charge in [0, 0.05) is 10.9 Å². The van der Waals surface area contributed by atoms with E-state index in [4.69, 9.17) is 10.5 Å². The van der Waals surface area contributed by atoms with Crippen molar-refractivity contribution in [3.05, 3.63) is 50.6 Å². The maximum Gasteiger partial charge on any atom is 0.148 e. The summed E-state index contributed by atoms with van der Waals surface area (Å²) in [6.07, 6.45) is 3.47. The van der Waals surface area contributed by atoms with Crippen molar-refractivity contribution >= 4 is 27.3 Å². The van der Waals surface area contributed by atoms with Gasteiger partial charge in [-0.25, -0.2) is 0 Å². The second-order valence-corrected chi connectivity index (χ2v) is 7.78. The van der Waals surface area contributed by atoms with Crippen molar-refractivity contribution < 1.29 is 4.74 Å². The van der Waals surface area contributed by atoms with Crippen LogP contribution in [0.2, 0.25) is 0 Å². The number of rotatable bonds is 7. The van der Waals surface area contributed by atoms with Crippen molar-refractivity contribution in [3.8, 4) is 5.75 Å².